The minimum Gasteiger partial charge on any atom is -0.348 e. The molecule has 2 N–H and O–H groups in total. The van der Waals surface area contributed by atoms with Gasteiger partial charge in [0.25, 0.3) is 5.91 Å². The summed E-state index contributed by atoms with van der Waals surface area (Å²) in [7, 11) is 0. The first kappa shape index (κ1) is 16.3. The summed E-state index contributed by atoms with van der Waals surface area (Å²) < 4.78 is 1.91. The molecule has 0 fully saturated rings. The number of nitrogens with zero attached hydrogens (tertiary/aromatic N) is 2. The number of carbonyl (C=O) groups is 1. The van der Waals surface area contributed by atoms with E-state index in [1.165, 1.54) is 6.07 Å². The molecular formula is C20H20N4O2. The van der Waals surface area contributed by atoms with Gasteiger partial charge in [-0.2, -0.15) is 0 Å². The number of benzene rings is 1. The first-order valence-electron chi connectivity index (χ1n) is 8.82. The van der Waals surface area contributed by atoms with Crippen LogP contribution in [-0.2, 0) is 19.4 Å². The molecule has 1 aliphatic rings. The van der Waals surface area contributed by atoms with Crippen molar-refractivity contribution >= 4 is 5.91 Å². The smallest absolute Gasteiger partial charge is 0.252 e. The third kappa shape index (κ3) is 3.18. The van der Waals surface area contributed by atoms with Crippen LogP contribution in [0.4, 0.5) is 0 Å². The molecule has 6 heteroatoms. The SMILES string of the molecule is O=C(NCc1ccccc1-n1ccnc1)c1cc(=O)[nH]c2c1CCCC2. The zero-order chi connectivity index (χ0) is 17.9. The van der Waals surface area contributed by atoms with E-state index in [9.17, 15) is 9.59 Å². The van der Waals surface area contributed by atoms with Gasteiger partial charge in [-0.1, -0.05) is 18.2 Å². The van der Waals surface area contributed by atoms with Crippen molar-refractivity contribution in [3.8, 4) is 5.69 Å². The second-order valence-corrected chi connectivity index (χ2v) is 6.49. The molecule has 0 saturated carbocycles. The summed E-state index contributed by atoms with van der Waals surface area (Å²) >= 11 is 0. The fraction of sp³-hybridized carbons (Fsp3) is 0.250. The Balaban J connectivity index is 1.58. The largest absolute Gasteiger partial charge is 0.348 e. The van der Waals surface area contributed by atoms with Crippen LogP contribution in [0.15, 0.2) is 53.8 Å². The lowest BCUT2D eigenvalue weighted by Gasteiger charge is -2.18. The van der Waals surface area contributed by atoms with Gasteiger partial charge in [0.05, 0.1) is 12.0 Å². The van der Waals surface area contributed by atoms with Crippen molar-refractivity contribution in [2.24, 2.45) is 0 Å². The fourth-order valence-electron chi connectivity index (χ4n) is 3.53. The maximum atomic E-state index is 12.8. The van der Waals surface area contributed by atoms with E-state index in [0.717, 1.165) is 48.2 Å². The van der Waals surface area contributed by atoms with Gasteiger partial charge in [-0.15, -0.1) is 0 Å². The molecule has 6 nitrogen and oxygen atoms in total. The number of H-pyrrole nitrogens is 1. The molecule has 0 atom stereocenters. The Kier molecular flexibility index (Phi) is 4.39. The average molecular weight is 348 g/mol. The fourth-order valence-corrected chi connectivity index (χ4v) is 3.53. The van der Waals surface area contributed by atoms with Gasteiger partial charge in [0.1, 0.15) is 0 Å². The van der Waals surface area contributed by atoms with Crippen LogP contribution in [0.25, 0.3) is 5.69 Å². The van der Waals surface area contributed by atoms with Gasteiger partial charge in [-0.3, -0.25) is 9.59 Å². The van der Waals surface area contributed by atoms with Crippen molar-refractivity contribution in [3.05, 3.63) is 81.8 Å². The molecule has 0 saturated heterocycles. The van der Waals surface area contributed by atoms with Gasteiger partial charge >= 0.3 is 0 Å². The summed E-state index contributed by atoms with van der Waals surface area (Å²) in [5.41, 5.74) is 4.14. The first-order valence-corrected chi connectivity index (χ1v) is 8.82. The highest BCUT2D eigenvalue weighted by Crippen LogP contribution is 2.21. The zero-order valence-electron chi connectivity index (χ0n) is 14.4. The van der Waals surface area contributed by atoms with E-state index in [1.807, 2.05) is 35.0 Å². The molecule has 4 rings (SSSR count). The monoisotopic (exact) mass is 348 g/mol. The lowest BCUT2D eigenvalue weighted by atomic mass is 9.92. The van der Waals surface area contributed by atoms with Crippen LogP contribution in [0, 0.1) is 0 Å². The normalized spacial score (nSPS) is 13.2. The van der Waals surface area contributed by atoms with E-state index in [0.29, 0.717) is 12.1 Å². The van der Waals surface area contributed by atoms with Gasteiger partial charge in [-0.05, 0) is 42.9 Å². The predicted octanol–water partition coefficient (Wildman–Crippen LogP) is 2.37. The van der Waals surface area contributed by atoms with E-state index in [1.54, 1.807) is 12.5 Å². The lowest BCUT2D eigenvalue weighted by molar-refractivity contribution is 0.0949. The number of fused-ring (bicyclic) bond motifs is 1. The van der Waals surface area contributed by atoms with Crippen LogP contribution in [0.5, 0.6) is 0 Å². The molecule has 1 aliphatic carbocycles. The minimum atomic E-state index is -0.213. The third-order valence-electron chi connectivity index (χ3n) is 4.80. The number of aromatic nitrogens is 3. The summed E-state index contributed by atoms with van der Waals surface area (Å²) in [5.74, 6) is -0.199. The number of carbonyl (C=O) groups excluding carboxylic acids is 1. The molecule has 1 aromatic carbocycles. The molecule has 0 aliphatic heterocycles. The van der Waals surface area contributed by atoms with Crippen LogP contribution in [0.3, 0.4) is 0 Å². The van der Waals surface area contributed by atoms with Crippen molar-refractivity contribution in [2.45, 2.75) is 32.2 Å². The molecule has 3 aromatic rings. The topological polar surface area (TPSA) is 79.8 Å². The molecule has 0 unspecified atom stereocenters. The number of imidazole rings is 1. The van der Waals surface area contributed by atoms with Crippen LogP contribution >= 0.6 is 0 Å². The molecule has 26 heavy (non-hydrogen) atoms. The van der Waals surface area contributed by atoms with Crippen LogP contribution < -0.4 is 10.9 Å². The highest BCUT2D eigenvalue weighted by molar-refractivity contribution is 5.95. The number of pyridine rings is 1. The number of hydrogen-bond donors (Lipinski definition) is 2. The Morgan fingerprint density at radius 1 is 1.23 bits per heavy atom. The van der Waals surface area contributed by atoms with Crippen molar-refractivity contribution in [3.63, 3.8) is 0 Å². The number of amides is 1. The maximum Gasteiger partial charge on any atom is 0.252 e. The minimum absolute atomic E-state index is 0.199. The molecule has 2 heterocycles. The Morgan fingerprint density at radius 3 is 2.92 bits per heavy atom. The van der Waals surface area contributed by atoms with E-state index in [2.05, 4.69) is 15.3 Å². The maximum absolute atomic E-state index is 12.8. The van der Waals surface area contributed by atoms with Gasteiger partial charge in [0, 0.05) is 36.3 Å². The van der Waals surface area contributed by atoms with Gasteiger partial charge in [0.15, 0.2) is 0 Å². The van der Waals surface area contributed by atoms with E-state index < -0.39 is 0 Å². The second-order valence-electron chi connectivity index (χ2n) is 6.49. The number of aryl methyl sites for hydroxylation is 1. The van der Waals surface area contributed by atoms with E-state index in [4.69, 9.17) is 0 Å². The standard InChI is InChI=1S/C20H20N4O2/c25-19-11-16(15-6-2-3-7-17(15)23-19)20(26)22-12-14-5-1-4-8-18(14)24-10-9-21-13-24/h1,4-5,8-11,13H,2-3,6-7,12H2,(H,22,26)(H,23,25). The number of hydrogen-bond acceptors (Lipinski definition) is 3. The Bertz CT molecular complexity index is 989. The number of nitrogens with one attached hydrogen (secondary N) is 2. The third-order valence-corrected chi connectivity index (χ3v) is 4.80. The summed E-state index contributed by atoms with van der Waals surface area (Å²) in [5, 5.41) is 2.97. The van der Waals surface area contributed by atoms with Crippen LogP contribution in [-0.4, -0.2) is 20.4 Å². The summed E-state index contributed by atoms with van der Waals surface area (Å²) in [6, 6.07) is 9.27. The Labute approximate surface area is 150 Å². The molecule has 0 bridgehead atoms. The number of para-hydroxylation sites is 1. The number of aromatic amines is 1. The zero-order valence-corrected chi connectivity index (χ0v) is 14.4. The van der Waals surface area contributed by atoms with E-state index in [-0.39, 0.29) is 11.5 Å². The summed E-state index contributed by atoms with van der Waals surface area (Å²) in [6.07, 6.45) is 9.07. The summed E-state index contributed by atoms with van der Waals surface area (Å²) in [4.78, 5) is 31.6. The molecule has 1 amide bonds. The molecule has 0 spiro atoms. The molecule has 2 aromatic heterocycles. The lowest BCUT2D eigenvalue weighted by Crippen LogP contribution is -2.28. The molecule has 132 valence electrons. The summed E-state index contributed by atoms with van der Waals surface area (Å²) in [6.45, 7) is 0.384. The molecule has 0 radical (unpaired) electrons. The van der Waals surface area contributed by atoms with E-state index >= 15 is 0 Å². The quantitative estimate of drug-likeness (QED) is 0.760. The predicted molar refractivity (Wildman–Crippen MR) is 98.4 cm³/mol. The Morgan fingerprint density at radius 2 is 2.08 bits per heavy atom. The van der Waals surface area contributed by atoms with Crippen molar-refractivity contribution in [1.82, 2.24) is 19.9 Å². The van der Waals surface area contributed by atoms with Crippen molar-refractivity contribution < 1.29 is 4.79 Å². The van der Waals surface area contributed by atoms with Crippen molar-refractivity contribution in [2.75, 3.05) is 0 Å². The van der Waals surface area contributed by atoms with Crippen LogP contribution in [0.2, 0.25) is 0 Å². The average Bonchev–Trinajstić information content (AvgIpc) is 3.20. The Hall–Kier alpha value is -3.15. The molecular weight excluding hydrogens is 328 g/mol. The van der Waals surface area contributed by atoms with Crippen molar-refractivity contribution in [1.29, 1.82) is 0 Å². The number of rotatable bonds is 4. The highest BCUT2D eigenvalue weighted by atomic mass is 16.2. The van der Waals surface area contributed by atoms with Gasteiger partial charge in [-0.25, -0.2) is 4.98 Å². The van der Waals surface area contributed by atoms with Crippen LogP contribution in [0.1, 0.15) is 40.0 Å². The second kappa shape index (κ2) is 7.00. The van der Waals surface area contributed by atoms with Gasteiger partial charge in [0.2, 0.25) is 5.56 Å². The first-order chi connectivity index (χ1) is 12.7. The van der Waals surface area contributed by atoms with Gasteiger partial charge < -0.3 is 14.9 Å². The highest BCUT2D eigenvalue weighted by Gasteiger charge is 2.19.